The molecule has 5 atom stereocenters. The Labute approximate surface area is 129 Å². The Balaban J connectivity index is 2.99. The molecule has 1 fully saturated rings. The van der Waals surface area contributed by atoms with Crippen molar-refractivity contribution in [2.45, 2.75) is 58.4 Å². The summed E-state index contributed by atoms with van der Waals surface area (Å²) in [6.45, 7) is 6.86. The molecule has 0 amide bonds. The quantitative estimate of drug-likeness (QED) is 0.655. The first kappa shape index (κ1) is 18.8. The second kappa shape index (κ2) is 9.04. The second-order valence-electron chi connectivity index (χ2n) is 4.79. The van der Waals surface area contributed by atoms with Gasteiger partial charge >= 0.3 is 11.9 Å². The third kappa shape index (κ3) is 5.20. The maximum Gasteiger partial charge on any atom is 0.303 e. The van der Waals surface area contributed by atoms with Crippen molar-refractivity contribution in [1.29, 1.82) is 0 Å². The van der Waals surface area contributed by atoms with E-state index in [2.05, 4.69) is 0 Å². The molecular formula is C14H24O8. The summed E-state index contributed by atoms with van der Waals surface area (Å²) in [4.78, 5) is 22.6. The maximum atomic E-state index is 11.3. The van der Waals surface area contributed by atoms with Crippen molar-refractivity contribution in [2.75, 3.05) is 19.8 Å². The normalized spacial score (nSPS) is 31.6. The van der Waals surface area contributed by atoms with Gasteiger partial charge in [-0.15, -0.1) is 0 Å². The topological polar surface area (TPSA) is 101 Å². The predicted octanol–water partition coefficient (Wildman–Crippen LogP) is 0.00860. The number of hydrogen-bond donors (Lipinski definition) is 1. The molecule has 1 heterocycles. The smallest absolute Gasteiger partial charge is 0.303 e. The molecular weight excluding hydrogens is 296 g/mol. The van der Waals surface area contributed by atoms with Crippen LogP contribution in [0.4, 0.5) is 0 Å². The van der Waals surface area contributed by atoms with Crippen molar-refractivity contribution in [3.05, 3.63) is 0 Å². The summed E-state index contributed by atoms with van der Waals surface area (Å²) in [5.41, 5.74) is 0. The lowest BCUT2D eigenvalue weighted by molar-refractivity contribution is -0.301. The van der Waals surface area contributed by atoms with Gasteiger partial charge in [-0.3, -0.25) is 9.59 Å². The second-order valence-corrected chi connectivity index (χ2v) is 4.79. The molecule has 1 saturated heterocycles. The van der Waals surface area contributed by atoms with Crippen molar-refractivity contribution >= 4 is 11.9 Å². The van der Waals surface area contributed by atoms with Crippen LogP contribution in [-0.4, -0.2) is 67.6 Å². The van der Waals surface area contributed by atoms with Gasteiger partial charge in [0.05, 0.1) is 6.61 Å². The van der Waals surface area contributed by atoms with E-state index >= 15 is 0 Å². The number of rotatable bonds is 7. The van der Waals surface area contributed by atoms with E-state index in [4.69, 9.17) is 23.7 Å². The van der Waals surface area contributed by atoms with E-state index < -0.39 is 42.6 Å². The Kier molecular flexibility index (Phi) is 7.74. The van der Waals surface area contributed by atoms with Crippen molar-refractivity contribution in [2.24, 2.45) is 0 Å². The number of esters is 2. The average molecular weight is 320 g/mol. The van der Waals surface area contributed by atoms with Gasteiger partial charge in [-0.25, -0.2) is 0 Å². The number of aliphatic hydroxyl groups is 1. The zero-order valence-electron chi connectivity index (χ0n) is 13.3. The number of aliphatic hydroxyl groups excluding tert-OH is 1. The van der Waals surface area contributed by atoms with Gasteiger partial charge in [-0.05, 0) is 13.8 Å². The van der Waals surface area contributed by atoms with Crippen LogP contribution in [0.1, 0.15) is 27.7 Å². The molecule has 1 aliphatic rings. The Morgan fingerprint density at radius 3 is 2.09 bits per heavy atom. The van der Waals surface area contributed by atoms with Crippen LogP contribution in [0.15, 0.2) is 0 Å². The van der Waals surface area contributed by atoms with Gasteiger partial charge in [0.25, 0.3) is 0 Å². The lowest BCUT2D eigenvalue weighted by atomic mass is 9.98. The van der Waals surface area contributed by atoms with Crippen LogP contribution in [0.3, 0.4) is 0 Å². The van der Waals surface area contributed by atoms with Crippen molar-refractivity contribution < 1.29 is 38.4 Å². The fourth-order valence-electron chi connectivity index (χ4n) is 2.30. The monoisotopic (exact) mass is 320 g/mol. The van der Waals surface area contributed by atoms with E-state index in [1.54, 1.807) is 6.92 Å². The Bertz CT molecular complexity index is 372. The fourth-order valence-corrected chi connectivity index (χ4v) is 2.30. The molecule has 128 valence electrons. The highest BCUT2D eigenvalue weighted by Gasteiger charge is 2.49. The minimum Gasteiger partial charge on any atom is -0.457 e. The number of hydrogen-bond acceptors (Lipinski definition) is 8. The van der Waals surface area contributed by atoms with E-state index in [-0.39, 0.29) is 13.2 Å². The van der Waals surface area contributed by atoms with E-state index in [0.717, 1.165) is 0 Å². The molecule has 8 heteroatoms. The minimum atomic E-state index is -1.39. The number of carbonyl (C=O) groups is 2. The summed E-state index contributed by atoms with van der Waals surface area (Å²) in [5, 5.41) is 10.1. The maximum absolute atomic E-state index is 11.3. The molecule has 8 nitrogen and oxygen atoms in total. The molecule has 1 N–H and O–H groups in total. The molecule has 0 aliphatic carbocycles. The highest BCUT2D eigenvalue weighted by atomic mass is 16.7. The molecule has 0 aromatic carbocycles. The minimum absolute atomic E-state index is 0.113. The lowest BCUT2D eigenvalue weighted by Crippen LogP contribution is -2.62. The first-order chi connectivity index (χ1) is 10.4. The van der Waals surface area contributed by atoms with Gasteiger partial charge in [0.15, 0.2) is 18.5 Å². The summed E-state index contributed by atoms with van der Waals surface area (Å²) in [6, 6.07) is 0. The molecule has 0 spiro atoms. The Hall–Kier alpha value is -1.22. The van der Waals surface area contributed by atoms with Gasteiger partial charge in [0.1, 0.15) is 12.2 Å². The lowest BCUT2D eigenvalue weighted by Gasteiger charge is -2.43. The largest absolute Gasteiger partial charge is 0.457 e. The summed E-state index contributed by atoms with van der Waals surface area (Å²) in [7, 11) is 0. The van der Waals surface area contributed by atoms with Crippen LogP contribution >= 0.6 is 0 Å². The first-order valence-electron chi connectivity index (χ1n) is 7.28. The van der Waals surface area contributed by atoms with Crippen molar-refractivity contribution in [1.82, 2.24) is 0 Å². The molecule has 0 aromatic heterocycles. The van der Waals surface area contributed by atoms with Crippen LogP contribution in [0, 0.1) is 0 Å². The highest BCUT2D eigenvalue weighted by Crippen LogP contribution is 2.27. The highest BCUT2D eigenvalue weighted by molar-refractivity contribution is 5.67. The zero-order valence-corrected chi connectivity index (χ0v) is 13.3. The molecule has 0 bridgehead atoms. The number of carbonyl (C=O) groups excluding carboxylic acids is 2. The van der Waals surface area contributed by atoms with E-state index in [9.17, 15) is 14.7 Å². The fraction of sp³-hybridized carbons (Fsp3) is 0.857. The third-order valence-corrected chi connectivity index (χ3v) is 3.06. The SMILES string of the molecule is CCOCC1OC(O)C(OC(C)=O)C(OCC)C1OC(C)=O. The molecule has 5 unspecified atom stereocenters. The number of ether oxygens (including phenoxy) is 5. The molecule has 1 aliphatic heterocycles. The summed E-state index contributed by atoms with van der Waals surface area (Å²) < 4.78 is 26.5. The van der Waals surface area contributed by atoms with Gasteiger partial charge < -0.3 is 28.8 Å². The van der Waals surface area contributed by atoms with Gasteiger partial charge in [0.2, 0.25) is 0 Å². The average Bonchev–Trinajstić information content (AvgIpc) is 2.43. The van der Waals surface area contributed by atoms with Crippen LogP contribution < -0.4 is 0 Å². The molecule has 0 saturated carbocycles. The van der Waals surface area contributed by atoms with Crippen LogP contribution in [0.2, 0.25) is 0 Å². The van der Waals surface area contributed by atoms with E-state index in [0.29, 0.717) is 6.61 Å². The van der Waals surface area contributed by atoms with Crippen molar-refractivity contribution in [3.63, 3.8) is 0 Å². The third-order valence-electron chi connectivity index (χ3n) is 3.06. The summed E-state index contributed by atoms with van der Waals surface area (Å²) in [5.74, 6) is -1.13. The van der Waals surface area contributed by atoms with Crippen LogP contribution in [0.5, 0.6) is 0 Å². The Morgan fingerprint density at radius 1 is 1.00 bits per heavy atom. The predicted molar refractivity (Wildman–Crippen MR) is 73.9 cm³/mol. The van der Waals surface area contributed by atoms with Gasteiger partial charge in [-0.1, -0.05) is 0 Å². The first-order valence-corrected chi connectivity index (χ1v) is 7.28. The van der Waals surface area contributed by atoms with Gasteiger partial charge in [-0.2, -0.15) is 0 Å². The summed E-state index contributed by atoms with van der Waals surface area (Å²) >= 11 is 0. The van der Waals surface area contributed by atoms with Crippen LogP contribution in [-0.2, 0) is 33.3 Å². The molecule has 1 rings (SSSR count). The standard InChI is InChI=1S/C14H24O8/c1-5-18-7-10-11(20-8(3)15)12(19-6-2)13(14(17)22-10)21-9(4)16/h10-14,17H,5-7H2,1-4H3. The molecule has 22 heavy (non-hydrogen) atoms. The summed E-state index contributed by atoms with van der Waals surface area (Å²) in [6.07, 6.45) is -4.89. The molecule has 0 radical (unpaired) electrons. The van der Waals surface area contributed by atoms with E-state index in [1.807, 2.05) is 6.92 Å². The van der Waals surface area contributed by atoms with E-state index in [1.165, 1.54) is 13.8 Å². The molecule has 0 aromatic rings. The van der Waals surface area contributed by atoms with Crippen LogP contribution in [0.25, 0.3) is 0 Å². The zero-order chi connectivity index (χ0) is 16.7. The Morgan fingerprint density at radius 2 is 1.59 bits per heavy atom. The van der Waals surface area contributed by atoms with Crippen molar-refractivity contribution in [3.8, 4) is 0 Å². The van der Waals surface area contributed by atoms with Gasteiger partial charge in [0, 0.05) is 27.1 Å².